The van der Waals surface area contributed by atoms with Gasteiger partial charge in [-0.1, -0.05) is 57.9 Å². The molecule has 150 valence electrons. The van der Waals surface area contributed by atoms with Crippen LogP contribution in [0.2, 0.25) is 0 Å². The van der Waals surface area contributed by atoms with Gasteiger partial charge < -0.3 is 9.73 Å². The van der Waals surface area contributed by atoms with Crippen LogP contribution in [0.1, 0.15) is 27.0 Å². The van der Waals surface area contributed by atoms with Crippen LogP contribution in [0, 0.1) is 20.8 Å². The van der Waals surface area contributed by atoms with E-state index in [1.165, 1.54) is 5.56 Å². The van der Waals surface area contributed by atoms with Crippen LogP contribution in [-0.2, 0) is 0 Å². The maximum absolute atomic E-state index is 13.1. The molecule has 3 aromatic carbocycles. The molecule has 1 amide bonds. The normalized spacial score (nSPS) is 10.8. The Hall–Kier alpha value is -3.18. The highest BCUT2D eigenvalue weighted by Gasteiger charge is 2.18. The van der Waals surface area contributed by atoms with Gasteiger partial charge in [0.15, 0.2) is 5.76 Å². The molecule has 0 unspecified atom stereocenters. The minimum absolute atomic E-state index is 0.191. The van der Waals surface area contributed by atoms with E-state index in [1.54, 1.807) is 12.3 Å². The first kappa shape index (κ1) is 20.1. The standard InChI is InChI=1S/C25H21BrN2O2/c1-15-12-16(2)23(17(3)13-15)28-24(29)20-6-4-5-7-21(20)25-27-14-22(30-25)18-8-10-19(26)11-9-18/h4-14H,1-3H3,(H,28,29). The molecule has 30 heavy (non-hydrogen) atoms. The van der Waals surface area contributed by atoms with Crippen molar-refractivity contribution in [3.63, 3.8) is 0 Å². The molecule has 4 rings (SSSR count). The second kappa shape index (κ2) is 8.28. The fourth-order valence-corrected chi connectivity index (χ4v) is 3.84. The van der Waals surface area contributed by atoms with Gasteiger partial charge in [-0.2, -0.15) is 0 Å². The number of anilines is 1. The van der Waals surface area contributed by atoms with Crippen LogP contribution >= 0.6 is 15.9 Å². The second-order valence-electron chi connectivity index (χ2n) is 7.31. The summed E-state index contributed by atoms with van der Waals surface area (Å²) in [6.45, 7) is 6.05. The monoisotopic (exact) mass is 460 g/mol. The molecular weight excluding hydrogens is 440 g/mol. The molecule has 5 heteroatoms. The Morgan fingerprint density at radius 2 is 1.63 bits per heavy atom. The number of halogens is 1. The zero-order valence-corrected chi connectivity index (χ0v) is 18.6. The number of benzene rings is 3. The molecule has 0 atom stereocenters. The number of hydrogen-bond acceptors (Lipinski definition) is 3. The third-order valence-electron chi connectivity index (χ3n) is 4.95. The van der Waals surface area contributed by atoms with Gasteiger partial charge in [0.1, 0.15) is 0 Å². The molecule has 1 heterocycles. The van der Waals surface area contributed by atoms with Crippen LogP contribution in [0.4, 0.5) is 5.69 Å². The fraction of sp³-hybridized carbons (Fsp3) is 0.120. The molecular formula is C25H21BrN2O2. The zero-order valence-electron chi connectivity index (χ0n) is 17.0. The number of oxazole rings is 1. The molecule has 1 aromatic heterocycles. The summed E-state index contributed by atoms with van der Waals surface area (Å²) in [6, 6.07) is 19.3. The van der Waals surface area contributed by atoms with E-state index in [2.05, 4.69) is 38.4 Å². The van der Waals surface area contributed by atoms with Gasteiger partial charge in [-0.05, 0) is 56.2 Å². The maximum Gasteiger partial charge on any atom is 0.256 e. The number of carbonyl (C=O) groups is 1. The molecule has 0 saturated carbocycles. The van der Waals surface area contributed by atoms with Crippen molar-refractivity contribution in [3.05, 3.63) is 93.6 Å². The molecule has 0 aliphatic rings. The summed E-state index contributed by atoms with van der Waals surface area (Å²) in [5.74, 6) is 0.873. The molecule has 4 nitrogen and oxygen atoms in total. The van der Waals surface area contributed by atoms with Gasteiger partial charge >= 0.3 is 0 Å². The summed E-state index contributed by atoms with van der Waals surface area (Å²) in [6.07, 6.45) is 1.68. The van der Waals surface area contributed by atoms with E-state index in [4.69, 9.17) is 4.42 Å². The second-order valence-corrected chi connectivity index (χ2v) is 8.23. The summed E-state index contributed by atoms with van der Waals surface area (Å²) >= 11 is 3.44. The van der Waals surface area contributed by atoms with Crippen LogP contribution in [0.25, 0.3) is 22.8 Å². The molecule has 0 saturated heterocycles. The summed E-state index contributed by atoms with van der Waals surface area (Å²) in [4.78, 5) is 17.5. The third-order valence-corrected chi connectivity index (χ3v) is 5.48. The van der Waals surface area contributed by atoms with Crippen LogP contribution in [0.5, 0.6) is 0 Å². The van der Waals surface area contributed by atoms with Crippen molar-refractivity contribution in [1.82, 2.24) is 4.98 Å². The first-order valence-electron chi connectivity index (χ1n) is 9.63. The van der Waals surface area contributed by atoms with E-state index in [-0.39, 0.29) is 5.91 Å². The minimum atomic E-state index is -0.191. The van der Waals surface area contributed by atoms with Gasteiger partial charge in [-0.25, -0.2) is 4.98 Å². The number of carbonyl (C=O) groups excluding carboxylic acids is 1. The summed E-state index contributed by atoms with van der Waals surface area (Å²) in [7, 11) is 0. The number of nitrogens with zero attached hydrogens (tertiary/aromatic N) is 1. The van der Waals surface area contributed by atoms with Gasteiger partial charge in [-0.3, -0.25) is 4.79 Å². The van der Waals surface area contributed by atoms with Crippen molar-refractivity contribution < 1.29 is 9.21 Å². The zero-order chi connectivity index (χ0) is 21.3. The summed E-state index contributed by atoms with van der Waals surface area (Å²) < 4.78 is 6.99. The predicted molar refractivity (Wildman–Crippen MR) is 124 cm³/mol. The molecule has 0 aliphatic carbocycles. The van der Waals surface area contributed by atoms with E-state index in [0.717, 1.165) is 26.9 Å². The van der Waals surface area contributed by atoms with Crippen molar-refractivity contribution in [3.8, 4) is 22.8 Å². The van der Waals surface area contributed by atoms with Crippen molar-refractivity contribution in [1.29, 1.82) is 0 Å². The fourth-order valence-electron chi connectivity index (χ4n) is 3.57. The Labute approximate surface area is 184 Å². The average Bonchev–Trinajstić information content (AvgIpc) is 3.21. The van der Waals surface area contributed by atoms with Gasteiger partial charge in [0.05, 0.1) is 11.8 Å². The lowest BCUT2D eigenvalue weighted by molar-refractivity contribution is 0.102. The van der Waals surface area contributed by atoms with Gasteiger partial charge in [0.2, 0.25) is 5.89 Å². The number of nitrogens with one attached hydrogen (secondary N) is 1. The molecule has 0 fully saturated rings. The number of rotatable bonds is 4. The van der Waals surface area contributed by atoms with E-state index in [9.17, 15) is 4.79 Å². The first-order valence-corrected chi connectivity index (χ1v) is 10.4. The third kappa shape index (κ3) is 4.07. The number of aromatic nitrogens is 1. The van der Waals surface area contributed by atoms with E-state index in [0.29, 0.717) is 22.8 Å². The van der Waals surface area contributed by atoms with Crippen LogP contribution in [-0.4, -0.2) is 10.9 Å². The number of aryl methyl sites for hydroxylation is 3. The Morgan fingerprint density at radius 3 is 2.33 bits per heavy atom. The highest BCUT2D eigenvalue weighted by atomic mass is 79.9. The van der Waals surface area contributed by atoms with Crippen LogP contribution in [0.3, 0.4) is 0 Å². The average molecular weight is 461 g/mol. The minimum Gasteiger partial charge on any atom is -0.436 e. The highest BCUT2D eigenvalue weighted by molar-refractivity contribution is 9.10. The Bertz CT molecular complexity index is 1200. The lowest BCUT2D eigenvalue weighted by atomic mass is 10.0. The lowest BCUT2D eigenvalue weighted by Crippen LogP contribution is -2.15. The predicted octanol–water partition coefficient (Wildman–Crippen LogP) is 6.95. The van der Waals surface area contributed by atoms with E-state index >= 15 is 0 Å². The van der Waals surface area contributed by atoms with E-state index in [1.807, 2.05) is 63.2 Å². The Morgan fingerprint density at radius 1 is 0.967 bits per heavy atom. The van der Waals surface area contributed by atoms with Gasteiger partial charge in [0.25, 0.3) is 5.91 Å². The van der Waals surface area contributed by atoms with Crippen molar-refractivity contribution in [2.24, 2.45) is 0 Å². The van der Waals surface area contributed by atoms with Crippen molar-refractivity contribution >= 4 is 27.5 Å². The van der Waals surface area contributed by atoms with Gasteiger partial charge in [-0.15, -0.1) is 0 Å². The first-order chi connectivity index (χ1) is 14.4. The van der Waals surface area contributed by atoms with Crippen molar-refractivity contribution in [2.75, 3.05) is 5.32 Å². The van der Waals surface area contributed by atoms with Crippen LogP contribution in [0.15, 0.2) is 75.8 Å². The molecule has 0 spiro atoms. The lowest BCUT2D eigenvalue weighted by Gasteiger charge is -2.14. The topological polar surface area (TPSA) is 55.1 Å². The smallest absolute Gasteiger partial charge is 0.256 e. The molecule has 4 aromatic rings. The Kier molecular flexibility index (Phi) is 5.55. The summed E-state index contributed by atoms with van der Waals surface area (Å²) in [5, 5.41) is 3.06. The molecule has 0 bridgehead atoms. The molecule has 0 aliphatic heterocycles. The highest BCUT2D eigenvalue weighted by Crippen LogP contribution is 2.30. The Balaban J connectivity index is 1.67. The molecule has 0 radical (unpaired) electrons. The number of amides is 1. The molecule has 1 N–H and O–H groups in total. The van der Waals surface area contributed by atoms with Crippen molar-refractivity contribution in [2.45, 2.75) is 20.8 Å². The maximum atomic E-state index is 13.1. The quantitative estimate of drug-likeness (QED) is 0.358. The SMILES string of the molecule is Cc1cc(C)c(NC(=O)c2ccccc2-c2ncc(-c3ccc(Br)cc3)o2)c(C)c1. The van der Waals surface area contributed by atoms with Gasteiger partial charge in [0, 0.05) is 21.3 Å². The van der Waals surface area contributed by atoms with Crippen LogP contribution < -0.4 is 5.32 Å². The number of hydrogen-bond donors (Lipinski definition) is 1. The largest absolute Gasteiger partial charge is 0.436 e. The van der Waals surface area contributed by atoms with E-state index < -0.39 is 0 Å². The summed E-state index contributed by atoms with van der Waals surface area (Å²) in [5.41, 5.74) is 6.16.